The Morgan fingerprint density at radius 1 is 1.47 bits per heavy atom. The largest absolute Gasteiger partial charge is 0.383 e. The Kier molecular flexibility index (Phi) is 2.95. The zero-order chi connectivity index (χ0) is 11.0. The average Bonchev–Trinajstić information content (AvgIpc) is 2.76. The number of aromatic amines is 1. The van der Waals surface area contributed by atoms with E-state index in [-0.39, 0.29) is 0 Å². The fourth-order valence-electron chi connectivity index (χ4n) is 1.56. The second-order valence-corrected chi connectivity index (χ2v) is 5.60. The Hall–Kier alpha value is -0.650. The average molecular weight is 287 g/mol. The molecule has 2 aromatic heterocycles. The molecule has 0 radical (unpaired) electrons. The van der Waals surface area contributed by atoms with E-state index in [0.29, 0.717) is 0 Å². The van der Waals surface area contributed by atoms with Crippen LogP contribution in [0.25, 0.3) is 0 Å². The summed E-state index contributed by atoms with van der Waals surface area (Å²) >= 11 is 5.19. The minimum atomic E-state index is -0.608. The molecule has 0 amide bonds. The molecule has 2 aromatic rings. The van der Waals surface area contributed by atoms with Crippen LogP contribution < -0.4 is 0 Å². The summed E-state index contributed by atoms with van der Waals surface area (Å²) in [5.74, 6) is 0. The molecule has 0 saturated carbocycles. The van der Waals surface area contributed by atoms with E-state index in [1.54, 1.807) is 23.7 Å². The fourth-order valence-corrected chi connectivity index (χ4v) is 3.43. The van der Waals surface area contributed by atoms with E-state index in [0.717, 1.165) is 20.5 Å². The van der Waals surface area contributed by atoms with E-state index >= 15 is 0 Å². The van der Waals surface area contributed by atoms with E-state index in [1.807, 2.05) is 13.8 Å². The van der Waals surface area contributed by atoms with Crippen molar-refractivity contribution in [3.8, 4) is 0 Å². The van der Waals surface area contributed by atoms with Gasteiger partial charge in [0.05, 0.1) is 6.20 Å². The van der Waals surface area contributed by atoms with Crippen LogP contribution in [0.3, 0.4) is 0 Å². The second kappa shape index (κ2) is 4.08. The number of aromatic nitrogens is 2. The van der Waals surface area contributed by atoms with Gasteiger partial charge >= 0.3 is 0 Å². The van der Waals surface area contributed by atoms with Crippen molar-refractivity contribution in [2.24, 2.45) is 0 Å². The highest BCUT2D eigenvalue weighted by Gasteiger charge is 2.20. The normalized spacial score (nSPS) is 13.1. The van der Waals surface area contributed by atoms with Gasteiger partial charge < -0.3 is 5.11 Å². The molecule has 0 aliphatic carbocycles. The Bertz CT molecular complexity index is 464. The van der Waals surface area contributed by atoms with Crippen LogP contribution in [0.2, 0.25) is 0 Å². The van der Waals surface area contributed by atoms with Crippen molar-refractivity contribution < 1.29 is 5.11 Å². The van der Waals surface area contributed by atoms with Crippen molar-refractivity contribution in [1.29, 1.82) is 0 Å². The quantitative estimate of drug-likeness (QED) is 0.892. The molecule has 0 bridgehead atoms. The molecule has 2 N–H and O–H groups in total. The molecule has 1 unspecified atom stereocenters. The summed E-state index contributed by atoms with van der Waals surface area (Å²) < 4.78 is 0.999. The molecule has 80 valence electrons. The van der Waals surface area contributed by atoms with E-state index in [9.17, 15) is 5.11 Å². The number of hydrogen-bond donors (Lipinski definition) is 2. The number of nitrogens with zero attached hydrogens (tertiary/aromatic N) is 1. The lowest BCUT2D eigenvalue weighted by Crippen LogP contribution is -1.99. The zero-order valence-electron chi connectivity index (χ0n) is 8.41. The number of thiophene rings is 1. The summed E-state index contributed by atoms with van der Waals surface area (Å²) in [6, 6.07) is 0. The summed E-state index contributed by atoms with van der Waals surface area (Å²) in [5.41, 5.74) is 1.73. The molecule has 2 heterocycles. The van der Waals surface area contributed by atoms with E-state index < -0.39 is 6.10 Å². The number of rotatable bonds is 2. The Labute approximate surface area is 100 Å². The lowest BCUT2D eigenvalue weighted by molar-refractivity contribution is 0.219. The molecule has 0 spiro atoms. The Morgan fingerprint density at radius 3 is 2.67 bits per heavy atom. The van der Waals surface area contributed by atoms with Crippen LogP contribution >= 0.6 is 27.3 Å². The first-order valence-electron chi connectivity index (χ1n) is 4.53. The maximum absolute atomic E-state index is 10.2. The molecule has 0 saturated heterocycles. The highest BCUT2D eigenvalue weighted by atomic mass is 79.9. The standard InChI is InChI=1S/C10H11BrN2OS/c1-5-8(9(11)6(2)15-5)10(14)7-3-12-13-4-7/h3-4,10,14H,1-2H3,(H,12,13). The molecule has 5 heteroatoms. The number of nitrogens with one attached hydrogen (secondary N) is 1. The topological polar surface area (TPSA) is 48.9 Å². The van der Waals surface area contributed by atoms with Crippen LogP contribution in [0.4, 0.5) is 0 Å². The minimum Gasteiger partial charge on any atom is -0.383 e. The number of halogens is 1. The highest BCUT2D eigenvalue weighted by Crippen LogP contribution is 2.38. The van der Waals surface area contributed by atoms with Gasteiger partial charge in [0, 0.05) is 31.6 Å². The molecule has 15 heavy (non-hydrogen) atoms. The first-order chi connectivity index (χ1) is 7.11. The van der Waals surface area contributed by atoms with E-state index in [2.05, 4.69) is 26.1 Å². The molecular weight excluding hydrogens is 276 g/mol. The summed E-state index contributed by atoms with van der Waals surface area (Å²) in [6.45, 7) is 4.05. The lowest BCUT2D eigenvalue weighted by Gasteiger charge is -2.09. The molecular formula is C10H11BrN2OS. The SMILES string of the molecule is Cc1sc(C)c(C(O)c2cn[nH]c2)c1Br. The number of aryl methyl sites for hydroxylation is 2. The molecule has 0 aromatic carbocycles. The van der Waals surface area contributed by atoms with Crippen molar-refractivity contribution in [3.63, 3.8) is 0 Å². The predicted molar refractivity (Wildman–Crippen MR) is 64.1 cm³/mol. The monoisotopic (exact) mass is 286 g/mol. The second-order valence-electron chi connectivity index (χ2n) is 3.38. The maximum atomic E-state index is 10.2. The van der Waals surface area contributed by atoms with Gasteiger partial charge in [-0.05, 0) is 29.8 Å². The van der Waals surface area contributed by atoms with Gasteiger partial charge in [0.1, 0.15) is 6.10 Å². The predicted octanol–water partition coefficient (Wildman–Crippen LogP) is 2.93. The summed E-state index contributed by atoms with van der Waals surface area (Å²) in [6.07, 6.45) is 2.75. The van der Waals surface area contributed by atoms with Crippen LogP contribution in [-0.4, -0.2) is 15.3 Å². The smallest absolute Gasteiger partial charge is 0.109 e. The number of H-pyrrole nitrogens is 1. The molecule has 0 aliphatic heterocycles. The fraction of sp³-hybridized carbons (Fsp3) is 0.300. The van der Waals surface area contributed by atoms with Crippen LogP contribution in [0, 0.1) is 13.8 Å². The molecule has 1 atom stereocenters. The van der Waals surface area contributed by atoms with Crippen molar-refractivity contribution in [2.75, 3.05) is 0 Å². The number of hydrogen-bond acceptors (Lipinski definition) is 3. The van der Waals surface area contributed by atoms with Gasteiger partial charge in [-0.1, -0.05) is 0 Å². The van der Waals surface area contributed by atoms with E-state index in [1.165, 1.54) is 4.88 Å². The molecule has 0 aliphatic rings. The summed E-state index contributed by atoms with van der Waals surface area (Å²) in [4.78, 5) is 2.32. The van der Waals surface area contributed by atoms with Crippen molar-refractivity contribution in [2.45, 2.75) is 20.0 Å². The zero-order valence-corrected chi connectivity index (χ0v) is 10.8. The van der Waals surface area contributed by atoms with Gasteiger partial charge in [0.25, 0.3) is 0 Å². The molecule has 0 fully saturated rings. The molecule has 3 nitrogen and oxygen atoms in total. The minimum absolute atomic E-state index is 0.608. The van der Waals surface area contributed by atoms with Gasteiger partial charge in [-0.15, -0.1) is 11.3 Å². The van der Waals surface area contributed by atoms with Gasteiger partial charge in [0.2, 0.25) is 0 Å². The third kappa shape index (κ3) is 1.87. The Balaban J connectivity index is 2.46. The molecule has 2 rings (SSSR count). The van der Waals surface area contributed by atoms with Crippen molar-refractivity contribution in [3.05, 3.63) is 37.7 Å². The number of aliphatic hydroxyl groups is 1. The van der Waals surface area contributed by atoms with Gasteiger partial charge in [-0.25, -0.2) is 0 Å². The van der Waals surface area contributed by atoms with Crippen molar-refractivity contribution >= 4 is 27.3 Å². The maximum Gasteiger partial charge on any atom is 0.109 e. The van der Waals surface area contributed by atoms with Gasteiger partial charge in [-0.3, -0.25) is 5.10 Å². The van der Waals surface area contributed by atoms with E-state index in [4.69, 9.17) is 0 Å². The van der Waals surface area contributed by atoms with Crippen molar-refractivity contribution in [1.82, 2.24) is 10.2 Å². The van der Waals surface area contributed by atoms with Crippen LogP contribution in [-0.2, 0) is 0 Å². The third-order valence-corrected chi connectivity index (χ3v) is 4.66. The summed E-state index contributed by atoms with van der Waals surface area (Å²) in [5, 5.41) is 16.7. The first kappa shape index (κ1) is 10.9. The van der Waals surface area contributed by atoms with Crippen LogP contribution in [0.1, 0.15) is 27.0 Å². The first-order valence-corrected chi connectivity index (χ1v) is 6.14. The summed E-state index contributed by atoms with van der Waals surface area (Å²) in [7, 11) is 0. The van der Waals surface area contributed by atoms with Crippen LogP contribution in [0.5, 0.6) is 0 Å². The van der Waals surface area contributed by atoms with Crippen LogP contribution in [0.15, 0.2) is 16.9 Å². The number of aliphatic hydroxyl groups excluding tert-OH is 1. The lowest BCUT2D eigenvalue weighted by atomic mass is 10.1. The third-order valence-electron chi connectivity index (χ3n) is 2.34. The van der Waals surface area contributed by atoms with Gasteiger partial charge in [0.15, 0.2) is 0 Å². The Morgan fingerprint density at radius 2 is 2.20 bits per heavy atom. The highest BCUT2D eigenvalue weighted by molar-refractivity contribution is 9.10. The van der Waals surface area contributed by atoms with Gasteiger partial charge in [-0.2, -0.15) is 5.10 Å².